The maximum absolute atomic E-state index is 5.98. The first-order valence-electron chi connectivity index (χ1n) is 4.58. The second-order valence-corrected chi connectivity index (χ2v) is 4.24. The minimum absolute atomic E-state index is 0.694. The van der Waals surface area contributed by atoms with Gasteiger partial charge >= 0.3 is 0 Å². The van der Waals surface area contributed by atoms with Crippen molar-refractivity contribution >= 4 is 27.5 Å². The third-order valence-corrected chi connectivity index (χ3v) is 3.20. The van der Waals surface area contributed by atoms with Crippen LogP contribution in [0.25, 0.3) is 5.69 Å². The largest absolute Gasteiger partial charge is 0.239 e. The lowest BCUT2D eigenvalue weighted by molar-refractivity contribution is 0.855. The van der Waals surface area contributed by atoms with Gasteiger partial charge in [-0.1, -0.05) is 45.7 Å². The van der Waals surface area contributed by atoms with Gasteiger partial charge in [-0.05, 0) is 18.6 Å². The molecule has 0 spiro atoms. The second kappa shape index (κ2) is 4.37. The molecule has 0 atom stereocenters. The van der Waals surface area contributed by atoms with Crippen molar-refractivity contribution in [3.8, 4) is 5.69 Å². The first-order valence-corrected chi connectivity index (χ1v) is 6.08. The third kappa shape index (κ3) is 2.08. The van der Waals surface area contributed by atoms with Crippen molar-refractivity contribution in [2.45, 2.75) is 12.3 Å². The number of para-hydroxylation sites is 1. The van der Waals surface area contributed by atoms with Crippen LogP contribution in [0.5, 0.6) is 0 Å². The summed E-state index contributed by atoms with van der Waals surface area (Å²) in [5.41, 5.74) is 3.10. The van der Waals surface area contributed by atoms with Gasteiger partial charge in [0.05, 0.1) is 16.4 Å². The van der Waals surface area contributed by atoms with Crippen LogP contribution in [0.3, 0.4) is 0 Å². The number of hydrogen-bond donors (Lipinski definition) is 0. The van der Waals surface area contributed by atoms with E-state index in [1.54, 1.807) is 0 Å². The summed E-state index contributed by atoms with van der Waals surface area (Å²) in [5.74, 6) is 0. The first kappa shape index (κ1) is 10.7. The van der Waals surface area contributed by atoms with Gasteiger partial charge in [-0.2, -0.15) is 5.10 Å². The van der Waals surface area contributed by atoms with Crippen LogP contribution >= 0.6 is 27.5 Å². The van der Waals surface area contributed by atoms with Crippen molar-refractivity contribution in [1.82, 2.24) is 9.78 Å². The lowest BCUT2D eigenvalue weighted by Crippen LogP contribution is -1.98. The number of aromatic nitrogens is 2. The molecule has 0 saturated carbocycles. The minimum atomic E-state index is 0.694. The van der Waals surface area contributed by atoms with Gasteiger partial charge in [-0.15, -0.1) is 0 Å². The Kier molecular flexibility index (Phi) is 3.12. The zero-order chi connectivity index (χ0) is 10.8. The smallest absolute Gasteiger partial charge is 0.0819 e. The van der Waals surface area contributed by atoms with E-state index in [1.165, 1.54) is 5.56 Å². The minimum Gasteiger partial charge on any atom is -0.239 e. The predicted molar refractivity (Wildman–Crippen MR) is 65.9 cm³/mol. The normalized spacial score (nSPS) is 10.6. The number of hydrogen-bond acceptors (Lipinski definition) is 1. The molecule has 0 bridgehead atoms. The molecule has 0 aliphatic carbocycles. The number of nitrogens with zero attached hydrogens (tertiary/aromatic N) is 2. The van der Waals surface area contributed by atoms with Gasteiger partial charge in [0.15, 0.2) is 0 Å². The molecular weight excluding hydrogens is 275 g/mol. The molecule has 2 nitrogen and oxygen atoms in total. The van der Waals surface area contributed by atoms with E-state index in [2.05, 4.69) is 27.1 Å². The Labute approximate surface area is 102 Å². The van der Waals surface area contributed by atoms with Gasteiger partial charge in [-0.3, -0.25) is 0 Å². The fraction of sp³-hybridized carbons (Fsp3) is 0.182. The molecule has 1 aromatic heterocycles. The Hall–Kier alpha value is -0.800. The quantitative estimate of drug-likeness (QED) is 0.769. The molecule has 0 saturated heterocycles. The molecule has 0 aliphatic rings. The van der Waals surface area contributed by atoms with Crippen LogP contribution in [0.1, 0.15) is 11.3 Å². The average Bonchev–Trinajstić information content (AvgIpc) is 2.59. The molecule has 78 valence electrons. The summed E-state index contributed by atoms with van der Waals surface area (Å²) in [6, 6.07) is 8.10. The number of benzene rings is 1. The van der Waals surface area contributed by atoms with Crippen LogP contribution in [0.2, 0.25) is 5.02 Å². The van der Waals surface area contributed by atoms with Crippen LogP contribution < -0.4 is 0 Å². The molecule has 0 radical (unpaired) electrons. The number of halogens is 2. The number of aryl methyl sites for hydroxylation is 1. The molecule has 1 aromatic carbocycles. The molecule has 4 heteroatoms. The van der Waals surface area contributed by atoms with Gasteiger partial charge in [0.2, 0.25) is 0 Å². The summed E-state index contributed by atoms with van der Waals surface area (Å²) in [4.78, 5) is 0. The van der Waals surface area contributed by atoms with E-state index < -0.39 is 0 Å². The molecular formula is C11H10BrClN2. The summed E-state index contributed by atoms with van der Waals surface area (Å²) in [7, 11) is 0. The van der Waals surface area contributed by atoms with Crippen LogP contribution in [-0.4, -0.2) is 9.78 Å². The van der Waals surface area contributed by atoms with E-state index in [9.17, 15) is 0 Å². The lowest BCUT2D eigenvalue weighted by Gasteiger charge is -2.05. The third-order valence-electron chi connectivity index (χ3n) is 2.22. The Balaban J connectivity index is 2.53. The fourth-order valence-electron chi connectivity index (χ4n) is 1.41. The van der Waals surface area contributed by atoms with Crippen molar-refractivity contribution in [3.63, 3.8) is 0 Å². The maximum atomic E-state index is 5.98. The second-order valence-electron chi connectivity index (χ2n) is 3.27. The fourth-order valence-corrected chi connectivity index (χ4v) is 2.01. The monoisotopic (exact) mass is 284 g/mol. The maximum Gasteiger partial charge on any atom is 0.0819 e. The zero-order valence-corrected chi connectivity index (χ0v) is 10.6. The van der Waals surface area contributed by atoms with E-state index in [4.69, 9.17) is 11.6 Å². The first-order chi connectivity index (χ1) is 7.22. The Bertz CT molecular complexity index is 460. The van der Waals surface area contributed by atoms with Crippen molar-refractivity contribution in [1.29, 1.82) is 0 Å². The van der Waals surface area contributed by atoms with E-state index in [0.717, 1.165) is 16.7 Å². The van der Waals surface area contributed by atoms with E-state index in [1.807, 2.05) is 36.0 Å². The molecule has 0 unspecified atom stereocenters. The summed E-state index contributed by atoms with van der Waals surface area (Å²) < 4.78 is 1.81. The summed E-state index contributed by atoms with van der Waals surface area (Å²) in [5, 5.41) is 5.85. The highest BCUT2D eigenvalue weighted by atomic mass is 79.9. The van der Waals surface area contributed by atoms with E-state index in [0.29, 0.717) is 5.02 Å². The molecule has 0 fully saturated rings. The zero-order valence-electron chi connectivity index (χ0n) is 8.24. The van der Waals surface area contributed by atoms with Crippen LogP contribution in [0, 0.1) is 6.92 Å². The molecule has 0 aliphatic heterocycles. The lowest BCUT2D eigenvalue weighted by atomic mass is 10.2. The highest BCUT2D eigenvalue weighted by molar-refractivity contribution is 9.08. The topological polar surface area (TPSA) is 17.8 Å². The molecule has 15 heavy (non-hydrogen) atoms. The van der Waals surface area contributed by atoms with E-state index in [-0.39, 0.29) is 0 Å². The van der Waals surface area contributed by atoms with Crippen molar-refractivity contribution < 1.29 is 0 Å². The molecule has 2 rings (SSSR count). The highest BCUT2D eigenvalue weighted by Crippen LogP contribution is 2.20. The molecule has 0 amide bonds. The standard InChI is InChI=1S/C11H10BrClN2/c1-8-10(13)7-15(14-8)11-5-3-2-4-9(11)6-12/h2-5,7H,6H2,1H3. The van der Waals surface area contributed by atoms with Crippen molar-refractivity contribution in [2.75, 3.05) is 0 Å². The summed E-state index contributed by atoms with van der Waals surface area (Å²) in [6.07, 6.45) is 1.83. The Morgan fingerprint density at radius 3 is 2.73 bits per heavy atom. The van der Waals surface area contributed by atoms with Gasteiger partial charge in [0, 0.05) is 11.5 Å². The molecule has 2 aromatic rings. The Morgan fingerprint density at radius 2 is 2.13 bits per heavy atom. The van der Waals surface area contributed by atoms with Gasteiger partial charge in [0.25, 0.3) is 0 Å². The van der Waals surface area contributed by atoms with Gasteiger partial charge < -0.3 is 0 Å². The highest BCUT2D eigenvalue weighted by Gasteiger charge is 2.06. The predicted octanol–water partition coefficient (Wildman–Crippen LogP) is 3.73. The summed E-state index contributed by atoms with van der Waals surface area (Å²) in [6.45, 7) is 1.90. The summed E-state index contributed by atoms with van der Waals surface area (Å²) >= 11 is 9.44. The average molecular weight is 286 g/mol. The molecule has 0 N–H and O–H groups in total. The van der Waals surface area contributed by atoms with Gasteiger partial charge in [-0.25, -0.2) is 4.68 Å². The van der Waals surface area contributed by atoms with Crippen LogP contribution in [0.15, 0.2) is 30.5 Å². The van der Waals surface area contributed by atoms with Crippen molar-refractivity contribution in [3.05, 3.63) is 46.7 Å². The van der Waals surface area contributed by atoms with E-state index >= 15 is 0 Å². The Morgan fingerprint density at radius 1 is 1.40 bits per heavy atom. The number of alkyl halides is 1. The van der Waals surface area contributed by atoms with Crippen LogP contribution in [-0.2, 0) is 5.33 Å². The SMILES string of the molecule is Cc1nn(-c2ccccc2CBr)cc1Cl. The number of rotatable bonds is 2. The van der Waals surface area contributed by atoms with Gasteiger partial charge in [0.1, 0.15) is 0 Å². The molecule has 1 heterocycles. The van der Waals surface area contributed by atoms with Crippen molar-refractivity contribution in [2.24, 2.45) is 0 Å². The van der Waals surface area contributed by atoms with Crippen LogP contribution in [0.4, 0.5) is 0 Å².